The lowest BCUT2D eigenvalue weighted by Gasteiger charge is -2.03. The Balaban J connectivity index is 3.06. The fraction of sp³-hybridized carbons (Fsp3) is 0.556. The quantitative estimate of drug-likeness (QED) is 0.663. The molecule has 0 aliphatic carbocycles. The summed E-state index contributed by atoms with van der Waals surface area (Å²) in [6.07, 6.45) is 2.53. The van der Waals surface area contributed by atoms with Crippen molar-refractivity contribution >= 4 is 5.78 Å². The Morgan fingerprint density at radius 3 is 2.85 bits per heavy atom. The van der Waals surface area contributed by atoms with Crippen molar-refractivity contribution in [1.82, 2.24) is 9.78 Å². The second kappa shape index (κ2) is 4.07. The molecule has 1 heterocycles. The number of aryl methyl sites for hydroxylation is 1. The second-order valence-corrected chi connectivity index (χ2v) is 2.84. The molecule has 0 aromatic carbocycles. The van der Waals surface area contributed by atoms with Crippen LogP contribution in [0.3, 0.4) is 0 Å². The number of methoxy groups -OCH3 is 1. The summed E-state index contributed by atoms with van der Waals surface area (Å²) >= 11 is 0. The van der Waals surface area contributed by atoms with E-state index in [1.807, 2.05) is 6.92 Å². The monoisotopic (exact) mass is 182 g/mol. The Morgan fingerprint density at radius 1 is 1.69 bits per heavy atom. The van der Waals surface area contributed by atoms with Crippen LogP contribution in [0.25, 0.3) is 0 Å². The Labute approximate surface area is 77.5 Å². The van der Waals surface area contributed by atoms with Crippen molar-refractivity contribution in [3.05, 3.63) is 11.9 Å². The lowest BCUT2D eigenvalue weighted by molar-refractivity contribution is 0.1000. The normalized spacial score (nSPS) is 10.1. The van der Waals surface area contributed by atoms with Gasteiger partial charge in [-0.05, 0) is 6.42 Å². The Hall–Kier alpha value is -1.32. The third-order valence-corrected chi connectivity index (χ3v) is 1.79. The molecule has 0 unspecified atom stereocenters. The smallest absolute Gasteiger partial charge is 0.181 e. The second-order valence-electron chi connectivity index (χ2n) is 2.84. The van der Waals surface area contributed by atoms with E-state index in [2.05, 4.69) is 5.10 Å². The number of hydrogen-bond acceptors (Lipinski definition) is 3. The van der Waals surface area contributed by atoms with Gasteiger partial charge in [-0.25, -0.2) is 0 Å². The number of ether oxygens (including phenoxy) is 1. The molecule has 1 rings (SSSR count). The zero-order valence-electron chi connectivity index (χ0n) is 8.20. The summed E-state index contributed by atoms with van der Waals surface area (Å²) in [5.41, 5.74) is 0.560. The summed E-state index contributed by atoms with van der Waals surface area (Å²) in [5.74, 6) is 0.545. The van der Waals surface area contributed by atoms with Crippen molar-refractivity contribution in [2.45, 2.75) is 26.8 Å². The molecule has 4 nitrogen and oxygen atoms in total. The van der Waals surface area contributed by atoms with Crippen molar-refractivity contribution in [3.63, 3.8) is 0 Å². The highest BCUT2D eigenvalue weighted by Gasteiger charge is 2.14. The van der Waals surface area contributed by atoms with E-state index in [0.29, 0.717) is 11.4 Å². The Kier molecular flexibility index (Phi) is 3.06. The highest BCUT2D eigenvalue weighted by molar-refractivity contribution is 5.95. The van der Waals surface area contributed by atoms with Crippen LogP contribution in [0.4, 0.5) is 0 Å². The van der Waals surface area contributed by atoms with Crippen LogP contribution in [0.15, 0.2) is 6.20 Å². The predicted octanol–water partition coefficient (Wildman–Crippen LogP) is 1.50. The van der Waals surface area contributed by atoms with E-state index in [4.69, 9.17) is 4.74 Å². The van der Waals surface area contributed by atoms with Crippen LogP contribution in [0.2, 0.25) is 0 Å². The van der Waals surface area contributed by atoms with Gasteiger partial charge in [0.15, 0.2) is 11.5 Å². The van der Waals surface area contributed by atoms with E-state index in [-0.39, 0.29) is 5.78 Å². The first-order valence-corrected chi connectivity index (χ1v) is 4.31. The van der Waals surface area contributed by atoms with Gasteiger partial charge in [0.25, 0.3) is 0 Å². The molecule has 0 spiro atoms. The SMILES string of the molecule is CCCn1ncc(OC)c1C(C)=O. The average molecular weight is 182 g/mol. The van der Waals surface area contributed by atoms with Gasteiger partial charge in [0, 0.05) is 13.5 Å². The molecule has 0 atom stereocenters. The zero-order valence-corrected chi connectivity index (χ0v) is 8.20. The molecule has 13 heavy (non-hydrogen) atoms. The number of nitrogens with zero attached hydrogens (tertiary/aromatic N) is 2. The summed E-state index contributed by atoms with van der Waals surface area (Å²) in [6.45, 7) is 4.31. The third-order valence-electron chi connectivity index (χ3n) is 1.79. The maximum Gasteiger partial charge on any atom is 0.181 e. The molecule has 0 fully saturated rings. The third kappa shape index (κ3) is 1.88. The molecule has 72 valence electrons. The van der Waals surface area contributed by atoms with Gasteiger partial charge in [-0.3, -0.25) is 9.48 Å². The molecule has 0 aliphatic heterocycles. The van der Waals surface area contributed by atoms with Gasteiger partial charge in [0.1, 0.15) is 5.69 Å². The summed E-state index contributed by atoms with van der Waals surface area (Å²) < 4.78 is 6.71. The van der Waals surface area contributed by atoms with Gasteiger partial charge in [-0.2, -0.15) is 5.10 Å². The van der Waals surface area contributed by atoms with E-state index in [9.17, 15) is 4.79 Å². The number of ketones is 1. The van der Waals surface area contributed by atoms with Gasteiger partial charge in [0.2, 0.25) is 0 Å². The molecular formula is C9H14N2O2. The van der Waals surface area contributed by atoms with Crippen LogP contribution in [-0.4, -0.2) is 22.7 Å². The molecule has 0 amide bonds. The van der Waals surface area contributed by atoms with Gasteiger partial charge < -0.3 is 4.74 Å². The van der Waals surface area contributed by atoms with Crippen LogP contribution in [-0.2, 0) is 6.54 Å². The minimum atomic E-state index is -0.0113. The fourth-order valence-corrected chi connectivity index (χ4v) is 1.25. The topological polar surface area (TPSA) is 44.1 Å². The first-order valence-electron chi connectivity index (χ1n) is 4.31. The summed E-state index contributed by atoms with van der Waals surface area (Å²) in [7, 11) is 1.54. The summed E-state index contributed by atoms with van der Waals surface area (Å²) in [4.78, 5) is 11.2. The van der Waals surface area contributed by atoms with Crippen molar-refractivity contribution < 1.29 is 9.53 Å². The van der Waals surface area contributed by atoms with Crippen LogP contribution < -0.4 is 4.74 Å². The van der Waals surface area contributed by atoms with Crippen molar-refractivity contribution in [2.75, 3.05) is 7.11 Å². The maximum atomic E-state index is 11.2. The number of carbonyl (C=O) groups is 1. The number of aromatic nitrogens is 2. The van der Waals surface area contributed by atoms with E-state index < -0.39 is 0 Å². The van der Waals surface area contributed by atoms with Gasteiger partial charge in [-0.15, -0.1) is 0 Å². The molecule has 4 heteroatoms. The van der Waals surface area contributed by atoms with Crippen LogP contribution >= 0.6 is 0 Å². The van der Waals surface area contributed by atoms with E-state index in [1.54, 1.807) is 18.0 Å². The summed E-state index contributed by atoms with van der Waals surface area (Å²) in [6, 6.07) is 0. The van der Waals surface area contributed by atoms with Crippen LogP contribution in [0.1, 0.15) is 30.8 Å². The van der Waals surface area contributed by atoms with E-state index >= 15 is 0 Å². The standard InChI is InChI=1S/C9H14N2O2/c1-4-5-11-9(7(2)12)8(13-3)6-10-11/h6H,4-5H2,1-3H3. The lowest BCUT2D eigenvalue weighted by Crippen LogP contribution is -2.08. The maximum absolute atomic E-state index is 11.2. The number of carbonyl (C=O) groups excluding carboxylic acids is 1. The molecule has 0 aliphatic rings. The van der Waals surface area contributed by atoms with Crippen molar-refractivity contribution in [3.8, 4) is 5.75 Å². The number of rotatable bonds is 4. The minimum Gasteiger partial charge on any atom is -0.493 e. The first kappa shape index (κ1) is 9.77. The minimum absolute atomic E-state index is 0.0113. The van der Waals surface area contributed by atoms with Crippen molar-refractivity contribution in [1.29, 1.82) is 0 Å². The number of hydrogen-bond donors (Lipinski definition) is 0. The molecule has 0 saturated heterocycles. The zero-order chi connectivity index (χ0) is 9.84. The average Bonchev–Trinajstić information content (AvgIpc) is 2.48. The van der Waals surface area contributed by atoms with E-state index in [1.165, 1.54) is 6.92 Å². The predicted molar refractivity (Wildman–Crippen MR) is 49.1 cm³/mol. The van der Waals surface area contributed by atoms with Crippen molar-refractivity contribution in [2.24, 2.45) is 0 Å². The molecule has 0 N–H and O–H groups in total. The highest BCUT2D eigenvalue weighted by atomic mass is 16.5. The molecule has 0 saturated carbocycles. The molecular weight excluding hydrogens is 168 g/mol. The van der Waals surface area contributed by atoms with Gasteiger partial charge in [-0.1, -0.05) is 6.92 Å². The van der Waals surface area contributed by atoms with Gasteiger partial charge >= 0.3 is 0 Å². The van der Waals surface area contributed by atoms with Crippen LogP contribution in [0, 0.1) is 0 Å². The Morgan fingerprint density at radius 2 is 2.38 bits per heavy atom. The molecule has 0 bridgehead atoms. The fourth-order valence-electron chi connectivity index (χ4n) is 1.25. The van der Waals surface area contributed by atoms with E-state index in [0.717, 1.165) is 13.0 Å². The largest absolute Gasteiger partial charge is 0.493 e. The molecule has 1 aromatic rings. The number of Topliss-reactive ketones (excluding diaryl/α,β-unsaturated/α-hetero) is 1. The highest BCUT2D eigenvalue weighted by Crippen LogP contribution is 2.17. The Bertz CT molecular complexity index is 305. The van der Waals surface area contributed by atoms with Crippen LogP contribution in [0.5, 0.6) is 5.75 Å². The van der Waals surface area contributed by atoms with Gasteiger partial charge in [0.05, 0.1) is 13.3 Å². The summed E-state index contributed by atoms with van der Waals surface area (Å²) in [5, 5.41) is 4.07. The molecule has 1 aromatic heterocycles. The first-order chi connectivity index (χ1) is 6.20. The molecule has 0 radical (unpaired) electrons. The lowest BCUT2D eigenvalue weighted by atomic mass is 10.3.